The summed E-state index contributed by atoms with van der Waals surface area (Å²) < 4.78 is 5.59. The van der Waals surface area contributed by atoms with Gasteiger partial charge in [-0.25, -0.2) is 0 Å². The lowest BCUT2D eigenvalue weighted by Gasteiger charge is -2.43. The molecule has 0 radical (unpaired) electrons. The highest BCUT2D eigenvalue weighted by molar-refractivity contribution is 6.06. The Morgan fingerprint density at radius 1 is 1.04 bits per heavy atom. The predicted molar refractivity (Wildman–Crippen MR) is 104 cm³/mol. The largest absolute Gasteiger partial charge is 0.484 e. The van der Waals surface area contributed by atoms with E-state index in [1.807, 2.05) is 36.4 Å². The van der Waals surface area contributed by atoms with Crippen LogP contribution in [-0.2, 0) is 14.4 Å². The molecule has 2 aliphatic heterocycles. The van der Waals surface area contributed by atoms with E-state index in [0.717, 1.165) is 0 Å². The molecule has 1 aromatic rings. The van der Waals surface area contributed by atoms with E-state index in [1.54, 1.807) is 4.90 Å². The van der Waals surface area contributed by atoms with Gasteiger partial charge in [-0.05, 0) is 36.5 Å². The van der Waals surface area contributed by atoms with Crippen molar-refractivity contribution in [1.29, 1.82) is 0 Å². The van der Waals surface area contributed by atoms with Crippen LogP contribution in [-0.4, -0.2) is 53.3 Å². The standard InChI is InChI=1S/C22H26N2O4/c1-14(2)15-7-9-17(10-8-15)28-13-20(25)23-11-16(12-23)24-21(26)18-5-3-4-6-19(18)22(24)27/h3-4,7-10,14,16,18-19H,5-6,11-13H2,1-2H3/t18-,19+. The number of hydrogen-bond acceptors (Lipinski definition) is 4. The third-order valence-corrected chi connectivity index (χ3v) is 6.03. The zero-order chi connectivity index (χ0) is 19.8. The van der Waals surface area contributed by atoms with Crippen molar-refractivity contribution in [2.45, 2.75) is 38.6 Å². The van der Waals surface area contributed by atoms with Crippen LogP contribution < -0.4 is 4.74 Å². The normalized spacial score (nSPS) is 24.5. The SMILES string of the molecule is CC(C)c1ccc(OCC(=O)N2CC(N3C(=O)[C@H]4CC=CC[C@H]4C3=O)C2)cc1. The van der Waals surface area contributed by atoms with Gasteiger partial charge in [-0.3, -0.25) is 19.3 Å². The van der Waals surface area contributed by atoms with Crippen molar-refractivity contribution in [1.82, 2.24) is 9.80 Å². The van der Waals surface area contributed by atoms with Gasteiger partial charge in [0.1, 0.15) is 5.75 Å². The number of fused-ring (bicyclic) bond motifs is 1. The molecular weight excluding hydrogens is 356 g/mol. The number of nitrogens with zero attached hydrogens (tertiary/aromatic N) is 2. The van der Waals surface area contributed by atoms with E-state index < -0.39 is 0 Å². The number of rotatable bonds is 5. The fourth-order valence-electron chi connectivity index (χ4n) is 4.19. The summed E-state index contributed by atoms with van der Waals surface area (Å²) in [5, 5.41) is 0. The molecule has 148 valence electrons. The summed E-state index contributed by atoms with van der Waals surface area (Å²) >= 11 is 0. The lowest BCUT2D eigenvalue weighted by atomic mass is 9.85. The van der Waals surface area contributed by atoms with E-state index in [1.165, 1.54) is 10.5 Å². The molecule has 6 heteroatoms. The molecule has 1 aromatic carbocycles. The second-order valence-corrected chi connectivity index (χ2v) is 8.17. The van der Waals surface area contributed by atoms with Crippen LogP contribution in [0.4, 0.5) is 0 Å². The van der Waals surface area contributed by atoms with Crippen LogP contribution in [0.15, 0.2) is 36.4 Å². The van der Waals surface area contributed by atoms with Gasteiger partial charge in [-0.15, -0.1) is 0 Å². The van der Waals surface area contributed by atoms with Gasteiger partial charge in [0.2, 0.25) is 11.8 Å². The third-order valence-electron chi connectivity index (χ3n) is 6.03. The lowest BCUT2D eigenvalue weighted by molar-refractivity contribution is -0.153. The van der Waals surface area contributed by atoms with Gasteiger partial charge in [-0.1, -0.05) is 38.1 Å². The van der Waals surface area contributed by atoms with Gasteiger partial charge in [0, 0.05) is 13.1 Å². The Hall–Kier alpha value is -2.63. The Bertz CT molecular complexity index is 782. The molecule has 3 aliphatic rings. The van der Waals surface area contributed by atoms with Crippen LogP contribution in [0.25, 0.3) is 0 Å². The molecule has 28 heavy (non-hydrogen) atoms. The van der Waals surface area contributed by atoms with Crippen molar-refractivity contribution in [2.75, 3.05) is 19.7 Å². The minimum absolute atomic E-state index is 0.0369. The minimum Gasteiger partial charge on any atom is -0.484 e. The summed E-state index contributed by atoms with van der Waals surface area (Å²) in [5.41, 5.74) is 1.22. The molecule has 0 spiro atoms. The molecule has 0 aromatic heterocycles. The predicted octanol–water partition coefficient (Wildman–Crippen LogP) is 2.35. The van der Waals surface area contributed by atoms with Crippen molar-refractivity contribution in [3.63, 3.8) is 0 Å². The zero-order valence-corrected chi connectivity index (χ0v) is 16.3. The van der Waals surface area contributed by atoms with Crippen molar-refractivity contribution in [3.05, 3.63) is 42.0 Å². The quantitative estimate of drug-likeness (QED) is 0.579. The monoisotopic (exact) mass is 382 g/mol. The lowest BCUT2D eigenvalue weighted by Crippen LogP contribution is -2.63. The molecular formula is C22H26N2O4. The van der Waals surface area contributed by atoms with Crippen LogP contribution in [0.1, 0.15) is 38.2 Å². The van der Waals surface area contributed by atoms with Crippen LogP contribution >= 0.6 is 0 Å². The molecule has 0 N–H and O–H groups in total. The van der Waals surface area contributed by atoms with Crippen LogP contribution in [0.3, 0.4) is 0 Å². The number of allylic oxidation sites excluding steroid dienone is 2. The van der Waals surface area contributed by atoms with Crippen molar-refractivity contribution in [3.8, 4) is 5.75 Å². The molecule has 2 saturated heterocycles. The van der Waals surface area contributed by atoms with E-state index in [4.69, 9.17) is 4.74 Å². The molecule has 4 rings (SSSR count). The molecule has 2 heterocycles. The maximum atomic E-state index is 12.6. The fourth-order valence-corrected chi connectivity index (χ4v) is 4.19. The molecule has 6 nitrogen and oxygen atoms in total. The average molecular weight is 382 g/mol. The summed E-state index contributed by atoms with van der Waals surface area (Å²) in [7, 11) is 0. The number of imide groups is 1. The highest BCUT2D eigenvalue weighted by atomic mass is 16.5. The number of likely N-dealkylation sites (tertiary alicyclic amines) is 2. The van der Waals surface area contributed by atoms with E-state index in [2.05, 4.69) is 13.8 Å². The topological polar surface area (TPSA) is 66.9 Å². The molecule has 2 fully saturated rings. The van der Waals surface area contributed by atoms with E-state index in [9.17, 15) is 14.4 Å². The Morgan fingerprint density at radius 3 is 2.14 bits per heavy atom. The first-order valence-electron chi connectivity index (χ1n) is 9.98. The molecule has 0 bridgehead atoms. The molecule has 3 amide bonds. The zero-order valence-electron chi connectivity index (χ0n) is 16.3. The van der Waals surface area contributed by atoms with Gasteiger partial charge in [0.05, 0.1) is 17.9 Å². The Kier molecular flexibility index (Phi) is 4.96. The van der Waals surface area contributed by atoms with Crippen molar-refractivity contribution >= 4 is 17.7 Å². The fraction of sp³-hybridized carbons (Fsp3) is 0.500. The average Bonchev–Trinajstić information content (AvgIpc) is 2.91. The van der Waals surface area contributed by atoms with E-state index in [0.29, 0.717) is 37.6 Å². The Morgan fingerprint density at radius 2 is 1.61 bits per heavy atom. The van der Waals surface area contributed by atoms with Crippen LogP contribution in [0.5, 0.6) is 5.75 Å². The van der Waals surface area contributed by atoms with Crippen molar-refractivity contribution < 1.29 is 19.1 Å². The number of ether oxygens (including phenoxy) is 1. The first-order chi connectivity index (χ1) is 13.5. The Balaban J connectivity index is 1.27. The molecule has 0 saturated carbocycles. The molecule has 0 unspecified atom stereocenters. The summed E-state index contributed by atoms with van der Waals surface area (Å²) in [5.74, 6) is 0.428. The first-order valence-corrected chi connectivity index (χ1v) is 9.98. The minimum atomic E-state index is -0.209. The van der Waals surface area contributed by atoms with Gasteiger partial charge in [0.15, 0.2) is 6.61 Å². The summed E-state index contributed by atoms with van der Waals surface area (Å²) in [6.45, 7) is 5.02. The number of benzene rings is 1. The number of carbonyl (C=O) groups is 3. The van der Waals surface area contributed by atoms with Crippen LogP contribution in [0, 0.1) is 11.8 Å². The van der Waals surface area contributed by atoms with Gasteiger partial charge < -0.3 is 9.64 Å². The molecule has 2 atom stereocenters. The highest BCUT2D eigenvalue weighted by Gasteiger charge is 2.52. The maximum absolute atomic E-state index is 12.6. The maximum Gasteiger partial charge on any atom is 0.260 e. The van der Waals surface area contributed by atoms with E-state index in [-0.39, 0.29) is 42.2 Å². The summed E-state index contributed by atoms with van der Waals surface area (Å²) in [6, 6.07) is 7.56. The van der Waals surface area contributed by atoms with Crippen LogP contribution in [0.2, 0.25) is 0 Å². The van der Waals surface area contributed by atoms with E-state index >= 15 is 0 Å². The second-order valence-electron chi connectivity index (χ2n) is 8.17. The smallest absolute Gasteiger partial charge is 0.260 e. The first kappa shape index (κ1) is 18.7. The summed E-state index contributed by atoms with van der Waals surface area (Å²) in [6.07, 6.45) is 5.25. The number of hydrogen-bond donors (Lipinski definition) is 0. The highest BCUT2D eigenvalue weighted by Crippen LogP contribution is 2.37. The molecule has 1 aliphatic carbocycles. The third kappa shape index (κ3) is 3.32. The number of carbonyl (C=O) groups excluding carboxylic acids is 3. The summed E-state index contributed by atoms with van der Waals surface area (Å²) in [4.78, 5) is 40.6. The second kappa shape index (κ2) is 7.41. The van der Waals surface area contributed by atoms with Crippen molar-refractivity contribution in [2.24, 2.45) is 11.8 Å². The van der Waals surface area contributed by atoms with Gasteiger partial charge >= 0.3 is 0 Å². The van der Waals surface area contributed by atoms with Gasteiger partial charge in [-0.2, -0.15) is 0 Å². The Labute approximate surface area is 165 Å². The number of amides is 3. The van der Waals surface area contributed by atoms with Gasteiger partial charge in [0.25, 0.3) is 5.91 Å².